The molecule has 0 radical (unpaired) electrons. The molecule has 6 heteroatoms. The van der Waals surface area contributed by atoms with Gasteiger partial charge in [-0.15, -0.1) is 0 Å². The van der Waals surface area contributed by atoms with Crippen LogP contribution in [-0.4, -0.2) is 16.7 Å². The fraction of sp³-hybridized carbons (Fsp3) is 0.400. The van der Waals surface area contributed by atoms with Crippen molar-refractivity contribution in [3.8, 4) is 0 Å². The highest BCUT2D eigenvalue weighted by atomic mass is 127. The SMILES string of the molecule is CC(C)(C)OC(=O)Nc1cc(Cl)ncc1I. The Morgan fingerprint density at radius 1 is 1.56 bits per heavy atom. The number of hydrogen-bond acceptors (Lipinski definition) is 3. The van der Waals surface area contributed by atoms with Crippen molar-refractivity contribution < 1.29 is 9.53 Å². The topological polar surface area (TPSA) is 51.2 Å². The van der Waals surface area contributed by atoms with Crippen molar-refractivity contribution in [3.63, 3.8) is 0 Å². The molecule has 1 aromatic rings. The van der Waals surface area contributed by atoms with E-state index < -0.39 is 11.7 Å². The maximum atomic E-state index is 11.5. The number of anilines is 1. The van der Waals surface area contributed by atoms with Gasteiger partial charge in [-0.05, 0) is 43.4 Å². The van der Waals surface area contributed by atoms with Gasteiger partial charge in [0.05, 0.1) is 9.26 Å². The minimum atomic E-state index is -0.521. The number of nitrogens with one attached hydrogen (secondary N) is 1. The molecule has 0 aliphatic heterocycles. The zero-order valence-corrected chi connectivity index (χ0v) is 12.1. The maximum Gasteiger partial charge on any atom is 0.412 e. The molecule has 0 spiro atoms. The molecule has 0 unspecified atom stereocenters. The number of carbonyl (C=O) groups is 1. The van der Waals surface area contributed by atoms with E-state index in [0.717, 1.165) is 3.57 Å². The fourth-order valence-corrected chi connectivity index (χ4v) is 1.51. The van der Waals surface area contributed by atoms with Crippen LogP contribution < -0.4 is 5.32 Å². The Morgan fingerprint density at radius 2 is 2.19 bits per heavy atom. The minimum absolute atomic E-state index is 0.325. The highest BCUT2D eigenvalue weighted by molar-refractivity contribution is 14.1. The third kappa shape index (κ3) is 4.52. The summed E-state index contributed by atoms with van der Waals surface area (Å²) >= 11 is 7.78. The monoisotopic (exact) mass is 354 g/mol. The number of rotatable bonds is 1. The van der Waals surface area contributed by atoms with Crippen molar-refractivity contribution >= 4 is 46.0 Å². The predicted molar refractivity (Wildman–Crippen MR) is 71.8 cm³/mol. The van der Waals surface area contributed by atoms with Crippen molar-refractivity contribution in [2.75, 3.05) is 5.32 Å². The van der Waals surface area contributed by atoms with Crippen LogP contribution in [0.3, 0.4) is 0 Å². The number of carbonyl (C=O) groups excluding carboxylic acids is 1. The third-order valence-corrected chi connectivity index (χ3v) is 2.52. The van der Waals surface area contributed by atoms with Gasteiger partial charge in [-0.3, -0.25) is 5.32 Å². The van der Waals surface area contributed by atoms with Crippen LogP contribution in [0.25, 0.3) is 0 Å². The average molecular weight is 355 g/mol. The zero-order valence-electron chi connectivity index (χ0n) is 9.17. The van der Waals surface area contributed by atoms with E-state index in [1.165, 1.54) is 0 Å². The molecule has 16 heavy (non-hydrogen) atoms. The minimum Gasteiger partial charge on any atom is -0.444 e. The highest BCUT2D eigenvalue weighted by Crippen LogP contribution is 2.21. The van der Waals surface area contributed by atoms with Gasteiger partial charge in [0.25, 0.3) is 0 Å². The van der Waals surface area contributed by atoms with Gasteiger partial charge in [-0.1, -0.05) is 11.6 Å². The second kappa shape index (κ2) is 5.18. The summed E-state index contributed by atoms with van der Waals surface area (Å²) in [5.41, 5.74) is 0.0710. The van der Waals surface area contributed by atoms with E-state index in [1.807, 2.05) is 0 Å². The lowest BCUT2D eigenvalue weighted by Gasteiger charge is -2.19. The molecule has 1 rings (SSSR count). The van der Waals surface area contributed by atoms with Crippen LogP contribution in [0.15, 0.2) is 12.3 Å². The summed E-state index contributed by atoms with van der Waals surface area (Å²) in [6.45, 7) is 5.41. The molecular weight excluding hydrogens is 342 g/mol. The zero-order chi connectivity index (χ0) is 12.3. The molecule has 0 aromatic carbocycles. The summed E-state index contributed by atoms with van der Waals surface area (Å²) in [7, 11) is 0. The largest absolute Gasteiger partial charge is 0.444 e. The Bertz CT molecular complexity index is 404. The normalized spacial score (nSPS) is 11.1. The van der Waals surface area contributed by atoms with Gasteiger partial charge in [-0.2, -0.15) is 0 Å². The van der Waals surface area contributed by atoms with Crippen molar-refractivity contribution in [2.24, 2.45) is 0 Å². The number of ether oxygens (including phenoxy) is 1. The molecule has 1 aromatic heterocycles. The van der Waals surface area contributed by atoms with E-state index in [-0.39, 0.29) is 0 Å². The Labute approximate surface area is 113 Å². The van der Waals surface area contributed by atoms with Gasteiger partial charge in [0, 0.05) is 12.3 Å². The lowest BCUT2D eigenvalue weighted by atomic mass is 10.2. The Kier molecular flexibility index (Phi) is 4.37. The maximum absolute atomic E-state index is 11.5. The van der Waals surface area contributed by atoms with Crippen molar-refractivity contribution in [2.45, 2.75) is 26.4 Å². The van der Waals surface area contributed by atoms with Crippen LogP contribution in [-0.2, 0) is 4.74 Å². The van der Waals surface area contributed by atoms with Gasteiger partial charge in [0.1, 0.15) is 10.8 Å². The molecule has 0 aliphatic rings. The average Bonchev–Trinajstić information content (AvgIpc) is 2.08. The second-order valence-electron chi connectivity index (χ2n) is 4.11. The number of pyridine rings is 1. The first-order valence-electron chi connectivity index (χ1n) is 4.59. The summed E-state index contributed by atoms with van der Waals surface area (Å²) in [6, 6.07) is 1.58. The number of aromatic nitrogens is 1. The number of amides is 1. The molecule has 0 atom stereocenters. The molecule has 0 bridgehead atoms. The third-order valence-electron chi connectivity index (χ3n) is 1.46. The van der Waals surface area contributed by atoms with Crippen LogP contribution >= 0.6 is 34.2 Å². The molecule has 0 saturated carbocycles. The summed E-state index contributed by atoms with van der Waals surface area (Å²) in [5, 5.41) is 2.94. The summed E-state index contributed by atoms with van der Waals surface area (Å²) in [4.78, 5) is 15.4. The van der Waals surface area contributed by atoms with E-state index in [1.54, 1.807) is 33.0 Å². The van der Waals surface area contributed by atoms with Crippen molar-refractivity contribution in [1.29, 1.82) is 0 Å². The van der Waals surface area contributed by atoms with Crippen LogP contribution in [0.1, 0.15) is 20.8 Å². The van der Waals surface area contributed by atoms with Gasteiger partial charge >= 0.3 is 6.09 Å². The highest BCUT2D eigenvalue weighted by Gasteiger charge is 2.17. The van der Waals surface area contributed by atoms with E-state index >= 15 is 0 Å². The summed E-state index contributed by atoms with van der Waals surface area (Å²) in [5.74, 6) is 0. The number of hydrogen-bond donors (Lipinski definition) is 1. The molecule has 1 amide bonds. The lowest BCUT2D eigenvalue weighted by Crippen LogP contribution is -2.27. The molecule has 0 saturated heterocycles. The van der Waals surface area contributed by atoms with Crippen LogP contribution in [0, 0.1) is 3.57 Å². The van der Waals surface area contributed by atoms with Crippen LogP contribution in [0.2, 0.25) is 5.15 Å². The van der Waals surface area contributed by atoms with Crippen molar-refractivity contribution in [3.05, 3.63) is 21.0 Å². The first-order valence-corrected chi connectivity index (χ1v) is 6.04. The predicted octanol–water partition coefficient (Wildman–Crippen LogP) is 3.69. The lowest BCUT2D eigenvalue weighted by molar-refractivity contribution is 0.0636. The summed E-state index contributed by atoms with van der Waals surface area (Å²) in [6.07, 6.45) is 1.07. The van der Waals surface area contributed by atoms with Crippen molar-refractivity contribution in [1.82, 2.24) is 4.98 Å². The molecular formula is C10H12ClIN2O2. The quantitative estimate of drug-likeness (QED) is 0.618. The molecule has 1 N–H and O–H groups in total. The summed E-state index contributed by atoms with van der Waals surface area (Å²) < 4.78 is 5.92. The number of nitrogens with zero attached hydrogens (tertiary/aromatic N) is 1. The fourth-order valence-electron chi connectivity index (χ4n) is 0.923. The molecule has 0 aliphatic carbocycles. The van der Waals surface area contributed by atoms with E-state index in [2.05, 4.69) is 32.9 Å². The van der Waals surface area contributed by atoms with Gasteiger partial charge in [-0.25, -0.2) is 9.78 Å². The van der Waals surface area contributed by atoms with E-state index in [0.29, 0.717) is 10.8 Å². The molecule has 4 nitrogen and oxygen atoms in total. The molecule has 0 fully saturated rings. The molecule has 1 heterocycles. The van der Waals surface area contributed by atoms with Gasteiger partial charge in [0.2, 0.25) is 0 Å². The van der Waals surface area contributed by atoms with Crippen LogP contribution in [0.4, 0.5) is 10.5 Å². The number of halogens is 2. The first-order chi connectivity index (χ1) is 7.28. The van der Waals surface area contributed by atoms with Crippen LogP contribution in [0.5, 0.6) is 0 Å². The Morgan fingerprint density at radius 3 is 2.75 bits per heavy atom. The Balaban J connectivity index is 2.73. The van der Waals surface area contributed by atoms with E-state index in [4.69, 9.17) is 16.3 Å². The van der Waals surface area contributed by atoms with E-state index in [9.17, 15) is 4.79 Å². The van der Waals surface area contributed by atoms with Gasteiger partial charge in [0.15, 0.2) is 0 Å². The molecule has 88 valence electrons. The van der Waals surface area contributed by atoms with Gasteiger partial charge < -0.3 is 4.74 Å². The standard InChI is InChI=1S/C10H12ClIN2O2/c1-10(2,3)16-9(15)14-7-4-8(11)13-5-6(7)12/h4-5H,1-3H3,(H,13,14,15). The second-order valence-corrected chi connectivity index (χ2v) is 5.66. The Hall–Kier alpha value is -0.560. The smallest absolute Gasteiger partial charge is 0.412 e. The first kappa shape index (κ1) is 13.5.